The van der Waals surface area contributed by atoms with Gasteiger partial charge in [0.1, 0.15) is 5.84 Å². The summed E-state index contributed by atoms with van der Waals surface area (Å²) in [4.78, 5) is 12.0. The van der Waals surface area contributed by atoms with Crippen molar-refractivity contribution in [2.45, 2.75) is 26.9 Å². The van der Waals surface area contributed by atoms with Crippen molar-refractivity contribution in [3.63, 3.8) is 0 Å². The van der Waals surface area contributed by atoms with Crippen LogP contribution in [0.4, 0.5) is 15.8 Å². The number of amides is 1. The van der Waals surface area contributed by atoms with Gasteiger partial charge in [-0.2, -0.15) is 0 Å². The normalized spacial score (nSPS) is 10.4. The Hall–Kier alpha value is -3.49. The fourth-order valence-corrected chi connectivity index (χ4v) is 2.38. The summed E-state index contributed by atoms with van der Waals surface area (Å²) in [7, 11) is 0. The quantitative estimate of drug-likeness (QED) is 0.236. The van der Waals surface area contributed by atoms with Gasteiger partial charge in [0.25, 0.3) is 5.91 Å². The molecule has 9 heteroatoms. The van der Waals surface area contributed by atoms with Crippen LogP contribution in [-0.2, 0) is 4.79 Å². The van der Waals surface area contributed by atoms with Crippen molar-refractivity contribution < 1.29 is 18.7 Å². The Kier molecular flexibility index (Phi) is 7.64. The van der Waals surface area contributed by atoms with Gasteiger partial charge in [0, 0.05) is 23.4 Å². The lowest BCUT2D eigenvalue weighted by Crippen LogP contribution is -2.34. The van der Waals surface area contributed by atoms with Crippen molar-refractivity contribution >= 4 is 23.1 Å². The fourth-order valence-electron chi connectivity index (χ4n) is 2.38. The SMILES string of the molecule is CCOc1cc(NNC(=O)CNc2ccc(C(=N)N)cc2)c(F)cc1OC(C)C. The number of nitrogen functional groups attached to an aromatic ring is 1. The van der Waals surface area contributed by atoms with Gasteiger partial charge in [0.15, 0.2) is 17.3 Å². The number of ether oxygens (including phenoxy) is 2. The molecule has 2 aromatic rings. The second kappa shape index (κ2) is 10.2. The highest BCUT2D eigenvalue weighted by atomic mass is 19.1. The summed E-state index contributed by atoms with van der Waals surface area (Å²) in [5, 5.41) is 10.3. The van der Waals surface area contributed by atoms with Gasteiger partial charge in [-0.3, -0.25) is 21.1 Å². The summed E-state index contributed by atoms with van der Waals surface area (Å²) in [5.41, 5.74) is 11.7. The maximum atomic E-state index is 14.3. The van der Waals surface area contributed by atoms with Crippen LogP contribution in [0.5, 0.6) is 11.5 Å². The number of amidine groups is 1. The van der Waals surface area contributed by atoms with Crippen LogP contribution in [0.2, 0.25) is 0 Å². The molecule has 1 amide bonds. The summed E-state index contributed by atoms with van der Waals surface area (Å²) < 4.78 is 25.4. The molecule has 0 atom stereocenters. The third-order valence-electron chi connectivity index (χ3n) is 3.68. The number of carbonyl (C=O) groups is 1. The van der Waals surface area contributed by atoms with Crippen molar-refractivity contribution in [1.29, 1.82) is 5.41 Å². The van der Waals surface area contributed by atoms with E-state index >= 15 is 0 Å². The second-order valence-electron chi connectivity index (χ2n) is 6.40. The van der Waals surface area contributed by atoms with Crippen molar-refractivity contribution in [3.8, 4) is 11.5 Å². The minimum Gasteiger partial charge on any atom is -0.490 e. The third kappa shape index (κ3) is 6.56. The number of hydrogen-bond acceptors (Lipinski definition) is 6. The number of hydrazine groups is 1. The number of anilines is 2. The van der Waals surface area contributed by atoms with Crippen LogP contribution in [-0.4, -0.2) is 31.0 Å². The third-order valence-corrected chi connectivity index (χ3v) is 3.68. The molecule has 8 nitrogen and oxygen atoms in total. The average Bonchev–Trinajstić information content (AvgIpc) is 2.67. The zero-order chi connectivity index (χ0) is 21.4. The number of benzene rings is 2. The molecule has 29 heavy (non-hydrogen) atoms. The number of carbonyl (C=O) groups excluding carboxylic acids is 1. The molecule has 0 saturated carbocycles. The monoisotopic (exact) mass is 403 g/mol. The standard InChI is InChI=1S/C20H26FN5O3/c1-4-28-17-10-16(15(21)9-18(17)29-12(2)3)25-26-19(27)11-24-14-7-5-13(6-8-14)20(22)23/h5-10,12,24-25H,4,11H2,1-3H3,(H3,22,23)(H,26,27). The first kappa shape index (κ1) is 21.8. The van der Waals surface area contributed by atoms with E-state index in [1.165, 1.54) is 12.1 Å². The Labute approximate surface area is 169 Å². The average molecular weight is 403 g/mol. The first-order valence-electron chi connectivity index (χ1n) is 9.16. The minimum atomic E-state index is -0.586. The Bertz CT molecular complexity index is 856. The van der Waals surface area contributed by atoms with Crippen molar-refractivity contribution in [1.82, 2.24) is 5.43 Å². The smallest absolute Gasteiger partial charge is 0.257 e. The summed E-state index contributed by atoms with van der Waals surface area (Å²) >= 11 is 0. The molecule has 6 N–H and O–H groups in total. The fraction of sp³-hybridized carbons (Fsp3) is 0.300. The largest absolute Gasteiger partial charge is 0.490 e. The molecule has 0 spiro atoms. The lowest BCUT2D eigenvalue weighted by molar-refractivity contribution is -0.118. The predicted octanol–water partition coefficient (Wildman–Crippen LogP) is 2.85. The Morgan fingerprint density at radius 3 is 2.48 bits per heavy atom. The molecule has 0 aliphatic heterocycles. The molecule has 0 radical (unpaired) electrons. The van der Waals surface area contributed by atoms with Gasteiger partial charge in [-0.15, -0.1) is 0 Å². The van der Waals surface area contributed by atoms with E-state index in [-0.39, 0.29) is 24.2 Å². The minimum absolute atomic E-state index is 0.0308. The molecular formula is C20H26FN5O3. The topological polar surface area (TPSA) is 121 Å². The number of hydrogen-bond donors (Lipinski definition) is 5. The van der Waals surface area contributed by atoms with Crippen LogP contribution in [0, 0.1) is 11.2 Å². The van der Waals surface area contributed by atoms with Gasteiger partial charge in [0.05, 0.1) is 24.9 Å². The van der Waals surface area contributed by atoms with E-state index < -0.39 is 11.7 Å². The van der Waals surface area contributed by atoms with E-state index in [0.717, 1.165) is 0 Å². The molecule has 0 heterocycles. The van der Waals surface area contributed by atoms with Gasteiger partial charge in [-0.05, 0) is 45.0 Å². The molecule has 0 aliphatic carbocycles. The molecular weight excluding hydrogens is 377 g/mol. The van der Waals surface area contributed by atoms with Gasteiger partial charge >= 0.3 is 0 Å². The number of nitrogens with one attached hydrogen (secondary N) is 4. The van der Waals surface area contributed by atoms with E-state index in [2.05, 4.69) is 16.2 Å². The summed E-state index contributed by atoms with van der Waals surface area (Å²) in [6, 6.07) is 9.41. The molecule has 0 aliphatic rings. The predicted molar refractivity (Wildman–Crippen MR) is 111 cm³/mol. The van der Waals surface area contributed by atoms with Gasteiger partial charge in [0.2, 0.25) is 0 Å². The van der Waals surface area contributed by atoms with Crippen LogP contribution >= 0.6 is 0 Å². The summed E-state index contributed by atoms with van der Waals surface area (Å²) in [5.74, 6) is -0.343. The van der Waals surface area contributed by atoms with Gasteiger partial charge in [-0.1, -0.05) is 0 Å². The van der Waals surface area contributed by atoms with Crippen LogP contribution in [0.3, 0.4) is 0 Å². The second-order valence-corrected chi connectivity index (χ2v) is 6.40. The molecule has 156 valence electrons. The molecule has 0 bridgehead atoms. The molecule has 2 rings (SSSR count). The first-order chi connectivity index (χ1) is 13.8. The molecule has 0 unspecified atom stereocenters. The maximum Gasteiger partial charge on any atom is 0.257 e. The highest BCUT2D eigenvalue weighted by molar-refractivity contribution is 5.95. The van der Waals surface area contributed by atoms with Crippen molar-refractivity contribution in [3.05, 3.63) is 47.8 Å². The molecule has 0 aromatic heterocycles. The Morgan fingerprint density at radius 2 is 1.90 bits per heavy atom. The zero-order valence-corrected chi connectivity index (χ0v) is 16.6. The number of halogens is 1. The van der Waals surface area contributed by atoms with Crippen LogP contribution in [0.25, 0.3) is 0 Å². The first-order valence-corrected chi connectivity index (χ1v) is 9.16. The van der Waals surface area contributed by atoms with Gasteiger partial charge < -0.3 is 20.5 Å². The number of rotatable bonds is 10. The Morgan fingerprint density at radius 1 is 1.21 bits per heavy atom. The highest BCUT2D eigenvalue weighted by Gasteiger charge is 2.14. The van der Waals surface area contributed by atoms with E-state index in [0.29, 0.717) is 29.4 Å². The van der Waals surface area contributed by atoms with Crippen molar-refractivity contribution in [2.24, 2.45) is 5.73 Å². The van der Waals surface area contributed by atoms with E-state index in [1.54, 1.807) is 24.3 Å². The maximum absolute atomic E-state index is 14.3. The van der Waals surface area contributed by atoms with E-state index in [9.17, 15) is 9.18 Å². The summed E-state index contributed by atoms with van der Waals surface area (Å²) in [6.45, 7) is 5.83. The molecule has 0 fully saturated rings. The lowest BCUT2D eigenvalue weighted by atomic mass is 10.2. The molecule has 2 aromatic carbocycles. The highest BCUT2D eigenvalue weighted by Crippen LogP contribution is 2.33. The lowest BCUT2D eigenvalue weighted by Gasteiger charge is -2.17. The van der Waals surface area contributed by atoms with Crippen LogP contribution in [0.15, 0.2) is 36.4 Å². The van der Waals surface area contributed by atoms with Gasteiger partial charge in [-0.25, -0.2) is 4.39 Å². The van der Waals surface area contributed by atoms with Crippen molar-refractivity contribution in [2.75, 3.05) is 23.9 Å². The molecule has 0 saturated heterocycles. The Balaban J connectivity index is 1.94. The zero-order valence-electron chi connectivity index (χ0n) is 16.6. The number of nitrogens with two attached hydrogens (primary N) is 1. The van der Waals surface area contributed by atoms with Crippen LogP contribution < -0.4 is 31.4 Å². The van der Waals surface area contributed by atoms with Crippen LogP contribution in [0.1, 0.15) is 26.3 Å². The summed E-state index contributed by atoms with van der Waals surface area (Å²) in [6.07, 6.45) is -0.136. The van der Waals surface area contributed by atoms with E-state index in [1.807, 2.05) is 20.8 Å². The van der Waals surface area contributed by atoms with E-state index in [4.69, 9.17) is 20.6 Å².